The molecule has 2 N–H and O–H groups in total. The molecule has 0 spiro atoms. The van der Waals surface area contributed by atoms with Gasteiger partial charge in [-0.25, -0.2) is 9.59 Å². The molecule has 1 aliphatic heterocycles. The molecular weight excluding hydrogens is 364 g/mol. The fraction of sp³-hybridized carbons (Fsp3) is 0.125. The van der Waals surface area contributed by atoms with Gasteiger partial charge in [0.2, 0.25) is 11.2 Å². The summed E-state index contributed by atoms with van der Waals surface area (Å²) in [6, 6.07) is 8.53. The summed E-state index contributed by atoms with van der Waals surface area (Å²) in [4.78, 5) is 44.0. The van der Waals surface area contributed by atoms with Crippen molar-refractivity contribution in [3.8, 4) is 0 Å². The number of non-ortho nitro benzene ring substituents is 2. The molecule has 0 radical (unpaired) electrons. The molecule has 27 heavy (non-hydrogen) atoms. The van der Waals surface area contributed by atoms with Gasteiger partial charge in [-0.1, -0.05) is 0 Å². The molecule has 0 saturated carbocycles. The number of nitro benzene ring substituents is 2. The Kier molecular flexibility index (Phi) is 3.89. The molecule has 3 rings (SSSR count). The van der Waals surface area contributed by atoms with Crippen molar-refractivity contribution in [2.75, 3.05) is 0 Å². The van der Waals surface area contributed by atoms with E-state index in [1.165, 1.54) is 0 Å². The van der Waals surface area contributed by atoms with Crippen LogP contribution in [0.4, 0.5) is 11.4 Å². The van der Waals surface area contributed by atoms with Crippen LogP contribution in [0.2, 0.25) is 0 Å². The highest BCUT2D eigenvalue weighted by molar-refractivity contribution is 5.98. The predicted octanol–water partition coefficient (Wildman–Crippen LogP) is 1.79. The summed E-state index contributed by atoms with van der Waals surface area (Å²) in [5, 5.41) is 40.9. The Bertz CT molecular complexity index is 891. The molecule has 0 aromatic heterocycles. The van der Waals surface area contributed by atoms with Crippen molar-refractivity contribution in [2.45, 2.75) is 11.2 Å². The zero-order valence-electron chi connectivity index (χ0n) is 13.3. The summed E-state index contributed by atoms with van der Waals surface area (Å²) < 4.78 is 5.25. The summed E-state index contributed by atoms with van der Waals surface area (Å²) in [5.74, 6) is -3.23. The second-order valence-corrected chi connectivity index (χ2v) is 5.68. The lowest BCUT2D eigenvalue weighted by Crippen LogP contribution is -2.36. The molecule has 0 aliphatic carbocycles. The fourth-order valence-electron chi connectivity index (χ4n) is 3.00. The third kappa shape index (κ3) is 2.40. The Morgan fingerprint density at radius 1 is 0.741 bits per heavy atom. The number of hydrogen-bond donors (Lipinski definition) is 2. The van der Waals surface area contributed by atoms with Crippen LogP contribution in [0.5, 0.6) is 0 Å². The van der Waals surface area contributed by atoms with Crippen LogP contribution in [0.15, 0.2) is 48.5 Å². The lowest BCUT2D eigenvalue weighted by atomic mass is 9.81. The van der Waals surface area contributed by atoms with E-state index in [0.717, 1.165) is 48.5 Å². The number of hydrogen-bond acceptors (Lipinski definition) is 7. The van der Waals surface area contributed by atoms with E-state index in [2.05, 4.69) is 0 Å². The summed E-state index contributed by atoms with van der Waals surface area (Å²) in [7, 11) is 0. The normalized spacial score (nSPS) is 23.4. The number of epoxide rings is 1. The molecule has 11 nitrogen and oxygen atoms in total. The molecule has 0 amide bonds. The Balaban J connectivity index is 2.13. The first-order valence-electron chi connectivity index (χ1n) is 7.33. The molecule has 1 fully saturated rings. The van der Waals surface area contributed by atoms with E-state index in [1.54, 1.807) is 0 Å². The lowest BCUT2D eigenvalue weighted by molar-refractivity contribution is -0.385. The van der Waals surface area contributed by atoms with Crippen molar-refractivity contribution in [2.24, 2.45) is 0 Å². The summed E-state index contributed by atoms with van der Waals surface area (Å²) in [5.41, 5.74) is -5.50. The van der Waals surface area contributed by atoms with Gasteiger partial charge in [-0.2, -0.15) is 0 Å². The number of aliphatic carboxylic acids is 2. The third-order valence-electron chi connectivity index (χ3n) is 4.33. The number of rotatable bonds is 6. The number of nitrogens with zero attached hydrogens (tertiary/aromatic N) is 2. The van der Waals surface area contributed by atoms with E-state index in [1.807, 2.05) is 0 Å². The minimum atomic E-state index is -2.33. The van der Waals surface area contributed by atoms with E-state index in [-0.39, 0.29) is 22.5 Å². The zero-order valence-corrected chi connectivity index (χ0v) is 13.3. The number of carboxylic acids is 2. The maximum Gasteiger partial charge on any atom is 0.344 e. The van der Waals surface area contributed by atoms with Gasteiger partial charge in [0.05, 0.1) is 9.85 Å². The molecule has 11 heteroatoms. The molecule has 2 aromatic carbocycles. The van der Waals surface area contributed by atoms with Gasteiger partial charge in [0.1, 0.15) is 0 Å². The molecule has 2 atom stereocenters. The molecule has 0 unspecified atom stereocenters. The van der Waals surface area contributed by atoms with Crippen molar-refractivity contribution < 1.29 is 34.4 Å². The first-order valence-corrected chi connectivity index (χ1v) is 7.33. The minimum Gasteiger partial charge on any atom is -0.479 e. The van der Waals surface area contributed by atoms with Gasteiger partial charge in [0.25, 0.3) is 11.4 Å². The van der Waals surface area contributed by atoms with E-state index in [0.29, 0.717) is 0 Å². The van der Waals surface area contributed by atoms with Gasteiger partial charge in [-0.15, -0.1) is 0 Å². The number of ether oxygens (including phenoxy) is 1. The Morgan fingerprint density at radius 2 is 1.04 bits per heavy atom. The van der Waals surface area contributed by atoms with Gasteiger partial charge in [0, 0.05) is 24.3 Å². The van der Waals surface area contributed by atoms with E-state index in [9.17, 15) is 40.0 Å². The van der Waals surface area contributed by atoms with Crippen LogP contribution in [0.3, 0.4) is 0 Å². The van der Waals surface area contributed by atoms with Crippen molar-refractivity contribution in [3.63, 3.8) is 0 Å². The van der Waals surface area contributed by atoms with Gasteiger partial charge >= 0.3 is 11.9 Å². The average molecular weight is 374 g/mol. The highest BCUT2D eigenvalue weighted by Gasteiger charge is 2.82. The molecule has 138 valence electrons. The number of benzene rings is 2. The topological polar surface area (TPSA) is 173 Å². The summed E-state index contributed by atoms with van der Waals surface area (Å²) in [6.45, 7) is 0. The van der Waals surface area contributed by atoms with Gasteiger partial charge in [0.15, 0.2) is 0 Å². The molecule has 1 aliphatic rings. The van der Waals surface area contributed by atoms with Crippen LogP contribution < -0.4 is 0 Å². The number of nitro groups is 2. The third-order valence-corrected chi connectivity index (χ3v) is 4.33. The highest BCUT2D eigenvalue weighted by Crippen LogP contribution is 2.62. The first-order chi connectivity index (χ1) is 12.7. The number of carbonyl (C=O) groups is 2. The molecule has 2 aromatic rings. The fourth-order valence-corrected chi connectivity index (χ4v) is 3.00. The standard InChI is InChI=1S/C16H10N2O9/c19-13(20)15(9-1-5-11(6-2-9)17(23)24)16(27-15,14(21)22)10-3-7-12(8-4-10)18(25)26/h1-8H,(H,19,20)(H,21,22)/t15-,16+. The first kappa shape index (κ1) is 17.9. The average Bonchev–Trinajstić information content (AvgIpc) is 3.35. The quantitative estimate of drug-likeness (QED) is 0.434. The minimum absolute atomic E-state index is 0.110. The molecule has 0 bridgehead atoms. The van der Waals surface area contributed by atoms with Gasteiger partial charge in [-0.05, 0) is 35.4 Å². The van der Waals surface area contributed by atoms with Crippen molar-refractivity contribution in [1.29, 1.82) is 0 Å². The summed E-state index contributed by atoms with van der Waals surface area (Å²) >= 11 is 0. The van der Waals surface area contributed by atoms with Crippen molar-refractivity contribution >= 4 is 23.3 Å². The van der Waals surface area contributed by atoms with Gasteiger partial charge < -0.3 is 14.9 Å². The Labute approximate surface area is 149 Å². The Morgan fingerprint density at radius 3 is 1.26 bits per heavy atom. The zero-order chi connectivity index (χ0) is 20.0. The van der Waals surface area contributed by atoms with Crippen LogP contribution >= 0.6 is 0 Å². The molecule has 1 saturated heterocycles. The predicted molar refractivity (Wildman–Crippen MR) is 85.9 cm³/mol. The van der Waals surface area contributed by atoms with Crippen molar-refractivity contribution in [1.82, 2.24) is 0 Å². The second kappa shape index (κ2) is 5.85. The molecule has 1 heterocycles. The van der Waals surface area contributed by atoms with Crippen molar-refractivity contribution in [3.05, 3.63) is 79.9 Å². The highest BCUT2D eigenvalue weighted by atomic mass is 16.7. The van der Waals surface area contributed by atoms with Crippen LogP contribution in [0.1, 0.15) is 11.1 Å². The molecular formula is C16H10N2O9. The second-order valence-electron chi connectivity index (χ2n) is 5.68. The van der Waals surface area contributed by atoms with Crippen LogP contribution in [-0.4, -0.2) is 32.0 Å². The van der Waals surface area contributed by atoms with Gasteiger partial charge in [-0.3, -0.25) is 20.2 Å². The number of carboxylic acid groups (broad SMARTS) is 2. The van der Waals surface area contributed by atoms with E-state index < -0.39 is 33.0 Å². The smallest absolute Gasteiger partial charge is 0.344 e. The lowest BCUT2D eigenvalue weighted by Gasteiger charge is -2.14. The largest absolute Gasteiger partial charge is 0.479 e. The summed E-state index contributed by atoms with van der Waals surface area (Å²) in [6.07, 6.45) is 0. The van der Waals surface area contributed by atoms with E-state index >= 15 is 0 Å². The maximum absolute atomic E-state index is 11.9. The Hall–Kier alpha value is -3.86. The maximum atomic E-state index is 11.9. The van der Waals surface area contributed by atoms with Crippen LogP contribution in [0.25, 0.3) is 0 Å². The van der Waals surface area contributed by atoms with Crippen LogP contribution in [0, 0.1) is 20.2 Å². The van der Waals surface area contributed by atoms with Crippen LogP contribution in [-0.2, 0) is 25.5 Å². The monoisotopic (exact) mass is 374 g/mol. The van der Waals surface area contributed by atoms with E-state index in [4.69, 9.17) is 4.74 Å². The SMILES string of the molecule is O=C(O)[C@]1(c2ccc([N+](=O)[O-])cc2)O[C@@]1(C(=O)O)c1ccc([N+](=O)[O-])cc1.